The first kappa shape index (κ1) is 11.8. The first-order valence-corrected chi connectivity index (χ1v) is 4.85. The van der Waals surface area contributed by atoms with Crippen LogP contribution < -0.4 is 11.3 Å². The number of rotatable bonds is 4. The monoisotopic (exact) mass is 206 g/mol. The van der Waals surface area contributed by atoms with Gasteiger partial charge in [0.05, 0.1) is 12.3 Å². The molecule has 0 saturated carbocycles. The highest BCUT2D eigenvalue weighted by atomic mass is 16.5. The molecule has 1 aromatic rings. The fraction of sp³-hybridized carbons (Fsp3) is 0.333. The Balaban J connectivity index is 3.15. The van der Waals surface area contributed by atoms with Crippen molar-refractivity contribution in [1.82, 2.24) is 0 Å². The Morgan fingerprint density at radius 3 is 2.53 bits per heavy atom. The molecule has 3 heteroatoms. The molecule has 0 saturated heterocycles. The van der Waals surface area contributed by atoms with Crippen molar-refractivity contribution < 1.29 is 4.74 Å². The minimum Gasteiger partial charge on any atom is -0.380 e. The van der Waals surface area contributed by atoms with E-state index in [2.05, 4.69) is 31.9 Å². The van der Waals surface area contributed by atoms with Crippen LogP contribution in [0.5, 0.6) is 0 Å². The van der Waals surface area contributed by atoms with Gasteiger partial charge >= 0.3 is 0 Å². The number of hydrazine groups is 1. The fourth-order valence-electron chi connectivity index (χ4n) is 1.48. The lowest BCUT2D eigenvalue weighted by Gasteiger charge is -2.13. The van der Waals surface area contributed by atoms with E-state index >= 15 is 0 Å². The second kappa shape index (κ2) is 4.96. The standard InChI is InChI=1S/C12H18N2O/c1-8-5-11(10(3)7-15-4)12(14-13)6-9(8)2/h5-6,14H,3,7,13H2,1-2,4H3. The summed E-state index contributed by atoms with van der Waals surface area (Å²) < 4.78 is 5.06. The molecule has 1 rings (SSSR count). The van der Waals surface area contributed by atoms with E-state index in [4.69, 9.17) is 10.6 Å². The molecule has 0 heterocycles. The van der Waals surface area contributed by atoms with Crippen molar-refractivity contribution in [3.63, 3.8) is 0 Å². The van der Waals surface area contributed by atoms with Crippen LogP contribution in [0.25, 0.3) is 5.57 Å². The molecule has 0 radical (unpaired) electrons. The number of ether oxygens (including phenoxy) is 1. The molecule has 3 nitrogen and oxygen atoms in total. The molecule has 0 aliphatic heterocycles. The zero-order valence-electron chi connectivity index (χ0n) is 9.55. The Morgan fingerprint density at radius 2 is 2.00 bits per heavy atom. The lowest BCUT2D eigenvalue weighted by Crippen LogP contribution is -2.10. The summed E-state index contributed by atoms with van der Waals surface area (Å²) in [5.41, 5.74) is 7.95. The van der Waals surface area contributed by atoms with Gasteiger partial charge in [-0.15, -0.1) is 0 Å². The van der Waals surface area contributed by atoms with Crippen LogP contribution in [0.1, 0.15) is 16.7 Å². The lowest BCUT2D eigenvalue weighted by atomic mass is 9.99. The van der Waals surface area contributed by atoms with E-state index in [0.29, 0.717) is 6.61 Å². The summed E-state index contributed by atoms with van der Waals surface area (Å²) in [6.45, 7) is 8.61. The Bertz CT molecular complexity index is 372. The second-order valence-electron chi connectivity index (χ2n) is 3.66. The van der Waals surface area contributed by atoms with Crippen molar-refractivity contribution in [3.05, 3.63) is 35.4 Å². The first-order valence-electron chi connectivity index (χ1n) is 4.85. The molecule has 0 spiro atoms. The summed E-state index contributed by atoms with van der Waals surface area (Å²) in [4.78, 5) is 0. The number of anilines is 1. The zero-order valence-corrected chi connectivity index (χ0v) is 9.55. The van der Waals surface area contributed by atoms with Gasteiger partial charge in [0, 0.05) is 12.7 Å². The summed E-state index contributed by atoms with van der Waals surface area (Å²) in [5, 5.41) is 0. The molecular weight excluding hydrogens is 188 g/mol. The Hall–Kier alpha value is -1.32. The van der Waals surface area contributed by atoms with Gasteiger partial charge in [-0.05, 0) is 42.7 Å². The van der Waals surface area contributed by atoms with Crippen molar-refractivity contribution in [3.8, 4) is 0 Å². The highest BCUT2D eigenvalue weighted by Gasteiger charge is 2.07. The van der Waals surface area contributed by atoms with E-state index in [1.165, 1.54) is 11.1 Å². The summed E-state index contributed by atoms with van der Waals surface area (Å²) in [6, 6.07) is 4.09. The van der Waals surface area contributed by atoms with E-state index in [9.17, 15) is 0 Å². The molecule has 0 fully saturated rings. The molecule has 1 aromatic carbocycles. The lowest BCUT2D eigenvalue weighted by molar-refractivity contribution is 0.240. The third-order valence-corrected chi connectivity index (χ3v) is 2.49. The van der Waals surface area contributed by atoms with Crippen LogP contribution in [0.2, 0.25) is 0 Å². The predicted octanol–water partition coefficient (Wildman–Crippen LogP) is 2.25. The summed E-state index contributed by atoms with van der Waals surface area (Å²) in [6.07, 6.45) is 0. The van der Waals surface area contributed by atoms with Gasteiger partial charge in [-0.3, -0.25) is 5.84 Å². The number of nitrogen functional groups attached to an aromatic ring is 1. The smallest absolute Gasteiger partial charge is 0.0713 e. The van der Waals surface area contributed by atoms with Crippen molar-refractivity contribution in [2.24, 2.45) is 5.84 Å². The van der Waals surface area contributed by atoms with E-state index in [1.807, 2.05) is 6.07 Å². The molecule has 0 atom stereocenters. The highest BCUT2D eigenvalue weighted by molar-refractivity contribution is 5.76. The highest BCUT2D eigenvalue weighted by Crippen LogP contribution is 2.25. The van der Waals surface area contributed by atoms with Crippen LogP contribution in [-0.2, 0) is 4.74 Å². The Labute approximate surface area is 90.9 Å². The number of aryl methyl sites for hydroxylation is 2. The van der Waals surface area contributed by atoms with Gasteiger partial charge in [0.25, 0.3) is 0 Å². The maximum absolute atomic E-state index is 5.47. The minimum atomic E-state index is 0.511. The van der Waals surface area contributed by atoms with E-state index in [0.717, 1.165) is 16.8 Å². The molecule has 0 amide bonds. The first-order chi connectivity index (χ1) is 7.10. The second-order valence-corrected chi connectivity index (χ2v) is 3.66. The summed E-state index contributed by atoms with van der Waals surface area (Å²) in [5.74, 6) is 5.47. The van der Waals surface area contributed by atoms with Crippen LogP contribution in [0, 0.1) is 13.8 Å². The third kappa shape index (κ3) is 2.58. The summed E-state index contributed by atoms with van der Waals surface area (Å²) in [7, 11) is 1.65. The summed E-state index contributed by atoms with van der Waals surface area (Å²) >= 11 is 0. The minimum absolute atomic E-state index is 0.511. The number of nitrogens with two attached hydrogens (primary N) is 1. The molecule has 82 valence electrons. The normalized spacial score (nSPS) is 10.1. The predicted molar refractivity (Wildman–Crippen MR) is 64.6 cm³/mol. The number of nitrogens with one attached hydrogen (secondary N) is 1. The quantitative estimate of drug-likeness (QED) is 0.586. The van der Waals surface area contributed by atoms with Gasteiger partial charge < -0.3 is 10.2 Å². The Kier molecular flexibility index (Phi) is 3.88. The molecule has 0 unspecified atom stereocenters. The van der Waals surface area contributed by atoms with E-state index in [1.54, 1.807) is 7.11 Å². The maximum Gasteiger partial charge on any atom is 0.0713 e. The van der Waals surface area contributed by atoms with E-state index in [-0.39, 0.29) is 0 Å². The number of benzene rings is 1. The van der Waals surface area contributed by atoms with Crippen LogP contribution in [-0.4, -0.2) is 13.7 Å². The van der Waals surface area contributed by atoms with E-state index < -0.39 is 0 Å². The molecule has 0 aliphatic carbocycles. The number of hydrogen-bond donors (Lipinski definition) is 2. The van der Waals surface area contributed by atoms with Crippen LogP contribution in [0.3, 0.4) is 0 Å². The fourth-order valence-corrected chi connectivity index (χ4v) is 1.48. The van der Waals surface area contributed by atoms with Crippen LogP contribution in [0.15, 0.2) is 18.7 Å². The van der Waals surface area contributed by atoms with Gasteiger partial charge in [-0.25, -0.2) is 0 Å². The van der Waals surface area contributed by atoms with Gasteiger partial charge in [0.2, 0.25) is 0 Å². The Morgan fingerprint density at radius 1 is 1.40 bits per heavy atom. The molecular formula is C12H18N2O. The van der Waals surface area contributed by atoms with Crippen LogP contribution >= 0.6 is 0 Å². The molecule has 0 aliphatic rings. The van der Waals surface area contributed by atoms with Gasteiger partial charge in [0.15, 0.2) is 0 Å². The van der Waals surface area contributed by atoms with Crippen molar-refractivity contribution in [2.75, 3.05) is 19.1 Å². The SMILES string of the molecule is C=C(COC)c1cc(C)c(C)cc1NN. The van der Waals surface area contributed by atoms with Gasteiger partial charge in [-0.1, -0.05) is 6.58 Å². The van der Waals surface area contributed by atoms with Gasteiger partial charge in [0.1, 0.15) is 0 Å². The molecule has 0 bridgehead atoms. The van der Waals surface area contributed by atoms with Gasteiger partial charge in [-0.2, -0.15) is 0 Å². The molecule has 3 N–H and O–H groups in total. The average Bonchev–Trinajstić information content (AvgIpc) is 2.21. The average molecular weight is 206 g/mol. The van der Waals surface area contributed by atoms with Crippen LogP contribution in [0.4, 0.5) is 5.69 Å². The van der Waals surface area contributed by atoms with Crippen molar-refractivity contribution in [2.45, 2.75) is 13.8 Å². The maximum atomic E-state index is 5.47. The largest absolute Gasteiger partial charge is 0.380 e. The third-order valence-electron chi connectivity index (χ3n) is 2.49. The molecule has 15 heavy (non-hydrogen) atoms. The van der Waals surface area contributed by atoms with Crippen molar-refractivity contribution >= 4 is 11.3 Å². The number of methoxy groups -OCH3 is 1. The zero-order chi connectivity index (χ0) is 11.4. The number of hydrogen-bond acceptors (Lipinski definition) is 3. The van der Waals surface area contributed by atoms with Crippen molar-refractivity contribution in [1.29, 1.82) is 0 Å². The molecule has 0 aromatic heterocycles. The topological polar surface area (TPSA) is 47.3 Å².